The molecule has 4 heteroatoms. The minimum atomic E-state index is 0.570. The molecule has 1 saturated heterocycles. The van der Waals surface area contributed by atoms with Crippen molar-refractivity contribution < 1.29 is 0 Å². The SMILES string of the molecule is Cc1cnc(C2CNC2)n1Cc1cccnc1. The molecule has 2 aromatic heterocycles. The topological polar surface area (TPSA) is 42.7 Å². The standard InChI is InChI=1S/C13H16N4/c1-10-5-16-13(12-7-15-8-12)17(10)9-11-3-2-4-14-6-11/h2-6,12,15H,7-9H2,1H3. The quantitative estimate of drug-likeness (QED) is 0.861. The van der Waals surface area contributed by atoms with E-state index in [9.17, 15) is 0 Å². The normalized spacial score (nSPS) is 15.8. The molecule has 4 nitrogen and oxygen atoms in total. The van der Waals surface area contributed by atoms with Crippen molar-refractivity contribution in [3.63, 3.8) is 0 Å². The molecule has 0 bridgehead atoms. The molecule has 2 aromatic rings. The zero-order valence-electron chi connectivity index (χ0n) is 9.93. The second kappa shape index (κ2) is 4.30. The molecule has 0 amide bonds. The molecular formula is C13H16N4. The Hall–Kier alpha value is -1.68. The largest absolute Gasteiger partial charge is 0.328 e. The molecule has 0 aromatic carbocycles. The Bertz CT molecular complexity index is 499. The molecule has 17 heavy (non-hydrogen) atoms. The Morgan fingerprint density at radius 1 is 1.41 bits per heavy atom. The van der Waals surface area contributed by atoms with Crippen molar-refractivity contribution >= 4 is 0 Å². The highest BCUT2D eigenvalue weighted by Crippen LogP contribution is 2.20. The number of hydrogen-bond donors (Lipinski definition) is 1. The van der Waals surface area contributed by atoms with E-state index in [1.165, 1.54) is 17.1 Å². The van der Waals surface area contributed by atoms with E-state index < -0.39 is 0 Å². The lowest BCUT2D eigenvalue weighted by Gasteiger charge is -2.27. The van der Waals surface area contributed by atoms with Gasteiger partial charge in [-0.05, 0) is 18.6 Å². The van der Waals surface area contributed by atoms with E-state index in [2.05, 4.69) is 32.8 Å². The van der Waals surface area contributed by atoms with Gasteiger partial charge in [0, 0.05) is 43.3 Å². The Morgan fingerprint density at radius 3 is 2.94 bits per heavy atom. The van der Waals surface area contributed by atoms with E-state index in [0.717, 1.165) is 19.6 Å². The molecule has 3 heterocycles. The lowest BCUT2D eigenvalue weighted by Crippen LogP contribution is -2.41. The Labute approximate surface area is 101 Å². The number of hydrogen-bond acceptors (Lipinski definition) is 3. The number of nitrogens with one attached hydrogen (secondary N) is 1. The van der Waals surface area contributed by atoms with Crippen LogP contribution in [-0.4, -0.2) is 27.6 Å². The molecule has 0 spiro atoms. The summed E-state index contributed by atoms with van der Waals surface area (Å²) in [7, 11) is 0. The maximum absolute atomic E-state index is 4.54. The summed E-state index contributed by atoms with van der Waals surface area (Å²) in [4.78, 5) is 8.69. The third-order valence-electron chi connectivity index (χ3n) is 3.30. The van der Waals surface area contributed by atoms with E-state index in [1.807, 2.05) is 18.5 Å². The number of pyridine rings is 1. The number of nitrogens with zero attached hydrogens (tertiary/aromatic N) is 3. The first-order valence-corrected chi connectivity index (χ1v) is 5.96. The van der Waals surface area contributed by atoms with Crippen molar-refractivity contribution in [3.8, 4) is 0 Å². The average molecular weight is 228 g/mol. The van der Waals surface area contributed by atoms with Crippen molar-refractivity contribution in [2.75, 3.05) is 13.1 Å². The molecule has 0 aliphatic carbocycles. The fraction of sp³-hybridized carbons (Fsp3) is 0.385. The number of aryl methyl sites for hydroxylation is 1. The average Bonchev–Trinajstić information content (AvgIpc) is 2.61. The van der Waals surface area contributed by atoms with Gasteiger partial charge in [-0.25, -0.2) is 4.98 Å². The highest BCUT2D eigenvalue weighted by atomic mass is 15.1. The molecule has 0 radical (unpaired) electrons. The van der Waals surface area contributed by atoms with E-state index in [4.69, 9.17) is 0 Å². The lowest BCUT2D eigenvalue weighted by atomic mass is 10.0. The molecule has 1 N–H and O–H groups in total. The Morgan fingerprint density at radius 2 is 2.29 bits per heavy atom. The van der Waals surface area contributed by atoms with Crippen LogP contribution in [0.25, 0.3) is 0 Å². The smallest absolute Gasteiger partial charge is 0.114 e. The van der Waals surface area contributed by atoms with Crippen molar-refractivity contribution in [2.45, 2.75) is 19.4 Å². The molecule has 0 atom stereocenters. The highest BCUT2D eigenvalue weighted by molar-refractivity contribution is 5.17. The predicted octanol–water partition coefficient (Wildman–Crippen LogP) is 1.32. The Kier molecular flexibility index (Phi) is 2.65. The zero-order valence-corrected chi connectivity index (χ0v) is 9.93. The number of aromatic nitrogens is 3. The summed E-state index contributed by atoms with van der Waals surface area (Å²) < 4.78 is 2.29. The molecule has 0 saturated carbocycles. The van der Waals surface area contributed by atoms with Crippen molar-refractivity contribution in [2.24, 2.45) is 0 Å². The Balaban J connectivity index is 1.89. The first-order chi connectivity index (χ1) is 8.34. The molecule has 1 aliphatic heterocycles. The summed E-state index contributed by atoms with van der Waals surface area (Å²) in [6.07, 6.45) is 5.69. The van der Waals surface area contributed by atoms with E-state index >= 15 is 0 Å². The van der Waals surface area contributed by atoms with Crippen LogP contribution < -0.4 is 5.32 Å². The van der Waals surface area contributed by atoms with Crippen LogP contribution in [-0.2, 0) is 6.54 Å². The van der Waals surface area contributed by atoms with E-state index in [0.29, 0.717) is 5.92 Å². The van der Waals surface area contributed by atoms with Gasteiger partial charge >= 0.3 is 0 Å². The van der Waals surface area contributed by atoms with Crippen molar-refractivity contribution in [1.82, 2.24) is 19.9 Å². The summed E-state index contributed by atoms with van der Waals surface area (Å²) >= 11 is 0. The second-order valence-electron chi connectivity index (χ2n) is 4.56. The van der Waals surface area contributed by atoms with Gasteiger partial charge in [-0.1, -0.05) is 6.07 Å². The number of rotatable bonds is 3. The van der Waals surface area contributed by atoms with Gasteiger partial charge in [0.05, 0.1) is 6.54 Å². The first-order valence-electron chi connectivity index (χ1n) is 5.96. The maximum atomic E-state index is 4.54. The monoisotopic (exact) mass is 228 g/mol. The third kappa shape index (κ3) is 1.96. The maximum Gasteiger partial charge on any atom is 0.114 e. The van der Waals surface area contributed by atoms with Crippen molar-refractivity contribution in [3.05, 3.63) is 47.8 Å². The first kappa shape index (κ1) is 10.5. The van der Waals surface area contributed by atoms with Gasteiger partial charge in [-0.3, -0.25) is 4.98 Å². The van der Waals surface area contributed by atoms with Gasteiger partial charge in [-0.2, -0.15) is 0 Å². The molecule has 3 rings (SSSR count). The lowest BCUT2D eigenvalue weighted by molar-refractivity contribution is 0.416. The van der Waals surface area contributed by atoms with Crippen LogP contribution in [0.4, 0.5) is 0 Å². The third-order valence-corrected chi connectivity index (χ3v) is 3.30. The van der Waals surface area contributed by atoms with Crippen LogP contribution >= 0.6 is 0 Å². The fourth-order valence-electron chi connectivity index (χ4n) is 2.16. The van der Waals surface area contributed by atoms with Gasteiger partial charge in [-0.15, -0.1) is 0 Å². The molecular weight excluding hydrogens is 212 g/mol. The van der Waals surface area contributed by atoms with Crippen LogP contribution in [0.15, 0.2) is 30.7 Å². The summed E-state index contributed by atoms with van der Waals surface area (Å²) in [5, 5.41) is 3.29. The summed E-state index contributed by atoms with van der Waals surface area (Å²) in [5.41, 5.74) is 2.44. The second-order valence-corrected chi connectivity index (χ2v) is 4.56. The van der Waals surface area contributed by atoms with Gasteiger partial charge in [0.25, 0.3) is 0 Å². The van der Waals surface area contributed by atoms with Crippen LogP contribution in [0.5, 0.6) is 0 Å². The van der Waals surface area contributed by atoms with Gasteiger partial charge in [0.2, 0.25) is 0 Å². The molecule has 1 aliphatic rings. The van der Waals surface area contributed by atoms with E-state index in [1.54, 1.807) is 6.20 Å². The molecule has 0 unspecified atom stereocenters. The minimum absolute atomic E-state index is 0.570. The molecule has 1 fully saturated rings. The summed E-state index contributed by atoms with van der Waals surface area (Å²) in [6, 6.07) is 4.08. The van der Waals surface area contributed by atoms with Gasteiger partial charge < -0.3 is 9.88 Å². The summed E-state index contributed by atoms with van der Waals surface area (Å²) in [5.74, 6) is 1.77. The van der Waals surface area contributed by atoms with Gasteiger partial charge in [0.1, 0.15) is 5.82 Å². The van der Waals surface area contributed by atoms with Gasteiger partial charge in [0.15, 0.2) is 0 Å². The van der Waals surface area contributed by atoms with Crippen molar-refractivity contribution in [1.29, 1.82) is 0 Å². The van der Waals surface area contributed by atoms with Crippen LogP contribution in [0.1, 0.15) is 23.0 Å². The molecule has 88 valence electrons. The summed E-state index contributed by atoms with van der Waals surface area (Å²) in [6.45, 7) is 5.07. The van der Waals surface area contributed by atoms with E-state index in [-0.39, 0.29) is 0 Å². The predicted molar refractivity (Wildman–Crippen MR) is 65.9 cm³/mol. The fourth-order valence-corrected chi connectivity index (χ4v) is 2.16. The minimum Gasteiger partial charge on any atom is -0.328 e. The van der Waals surface area contributed by atoms with Crippen LogP contribution in [0.2, 0.25) is 0 Å². The van der Waals surface area contributed by atoms with Crippen LogP contribution in [0.3, 0.4) is 0 Å². The van der Waals surface area contributed by atoms with Crippen LogP contribution in [0, 0.1) is 6.92 Å². The zero-order chi connectivity index (χ0) is 11.7. The highest BCUT2D eigenvalue weighted by Gasteiger charge is 2.24. The number of imidazole rings is 1.